The van der Waals surface area contributed by atoms with Crippen LogP contribution in [0.4, 0.5) is 5.69 Å². The predicted octanol–water partition coefficient (Wildman–Crippen LogP) is -0.0165. The van der Waals surface area contributed by atoms with Gasteiger partial charge in [0.15, 0.2) is 13.1 Å². The molecule has 6 nitrogen and oxygen atoms in total. The van der Waals surface area contributed by atoms with Crippen molar-refractivity contribution in [2.24, 2.45) is 0 Å². The number of carbonyl (C=O) groups is 2. The minimum Gasteiger partial charge on any atom is -0.347 e. The van der Waals surface area contributed by atoms with E-state index in [1.54, 1.807) is 0 Å². The molecular formula is C21H35ClN4O2+2. The minimum absolute atomic E-state index is 0.0159. The standard InChI is InChI=1S/C21H33ClN4O2/c1-15-11-16(2)20(17(22)12-15)23-18(27)13-25-7-6-8-26(10-9-25)14-19(28)24-21(3,4)5/h11-12H,6-10,13-14H2,1-5H3,(H,23,27)(H,24,28)/p+2. The van der Waals surface area contributed by atoms with E-state index in [1.807, 2.05) is 46.8 Å². The first-order chi connectivity index (χ1) is 13.0. The van der Waals surface area contributed by atoms with Gasteiger partial charge in [0, 0.05) is 12.0 Å². The Hall–Kier alpha value is -1.63. The molecule has 2 amide bonds. The number of carbonyl (C=O) groups excluding carboxylic acids is 2. The molecule has 2 unspecified atom stereocenters. The average Bonchev–Trinajstić information content (AvgIpc) is 2.74. The molecule has 0 aliphatic carbocycles. The van der Waals surface area contributed by atoms with Crippen LogP contribution in [0.3, 0.4) is 0 Å². The quantitative estimate of drug-likeness (QED) is 0.551. The van der Waals surface area contributed by atoms with E-state index in [-0.39, 0.29) is 17.4 Å². The summed E-state index contributed by atoms with van der Waals surface area (Å²) in [4.78, 5) is 27.3. The van der Waals surface area contributed by atoms with Gasteiger partial charge in [0.25, 0.3) is 11.8 Å². The summed E-state index contributed by atoms with van der Waals surface area (Å²) in [5.74, 6) is 0.0750. The van der Waals surface area contributed by atoms with Gasteiger partial charge in [-0.1, -0.05) is 17.7 Å². The van der Waals surface area contributed by atoms with Crippen LogP contribution in [-0.2, 0) is 9.59 Å². The topological polar surface area (TPSA) is 67.1 Å². The fraction of sp³-hybridized carbons (Fsp3) is 0.619. The molecule has 1 saturated heterocycles. The lowest BCUT2D eigenvalue weighted by molar-refractivity contribution is -0.930. The summed E-state index contributed by atoms with van der Waals surface area (Å²) in [7, 11) is 0. The first kappa shape index (κ1) is 22.7. The van der Waals surface area contributed by atoms with Gasteiger partial charge in [-0.15, -0.1) is 0 Å². The van der Waals surface area contributed by atoms with Gasteiger partial charge >= 0.3 is 0 Å². The Kier molecular flexibility index (Phi) is 7.87. The second kappa shape index (κ2) is 9.72. The molecule has 2 atom stereocenters. The zero-order chi connectivity index (χ0) is 20.9. The van der Waals surface area contributed by atoms with Crippen molar-refractivity contribution >= 4 is 29.1 Å². The van der Waals surface area contributed by atoms with Crippen LogP contribution in [0.2, 0.25) is 5.02 Å². The third kappa shape index (κ3) is 7.41. The van der Waals surface area contributed by atoms with Crippen LogP contribution in [0.1, 0.15) is 38.3 Å². The van der Waals surface area contributed by atoms with Gasteiger partial charge in [-0.05, 0) is 51.8 Å². The third-order valence-electron chi connectivity index (χ3n) is 4.92. The van der Waals surface area contributed by atoms with Crippen molar-refractivity contribution < 1.29 is 19.4 Å². The van der Waals surface area contributed by atoms with Crippen LogP contribution in [0, 0.1) is 13.8 Å². The van der Waals surface area contributed by atoms with Crippen LogP contribution in [0.5, 0.6) is 0 Å². The molecule has 1 aliphatic rings. The van der Waals surface area contributed by atoms with Crippen LogP contribution in [-0.4, -0.2) is 56.6 Å². The molecule has 1 fully saturated rings. The van der Waals surface area contributed by atoms with Crippen molar-refractivity contribution in [3.63, 3.8) is 0 Å². The summed E-state index contributed by atoms with van der Waals surface area (Å²) in [6.45, 7) is 14.5. The molecule has 1 aromatic rings. The highest BCUT2D eigenvalue weighted by Gasteiger charge is 2.25. The number of halogens is 1. The Labute approximate surface area is 173 Å². The molecule has 0 aromatic heterocycles. The van der Waals surface area contributed by atoms with Gasteiger partial charge in [-0.25, -0.2) is 0 Å². The van der Waals surface area contributed by atoms with Crippen LogP contribution >= 0.6 is 11.6 Å². The smallest absolute Gasteiger partial charge is 0.279 e. The van der Waals surface area contributed by atoms with Crippen molar-refractivity contribution in [1.29, 1.82) is 0 Å². The average molecular weight is 411 g/mol. The van der Waals surface area contributed by atoms with Gasteiger partial charge in [0.1, 0.15) is 13.1 Å². The Balaban J connectivity index is 1.84. The monoisotopic (exact) mass is 410 g/mol. The van der Waals surface area contributed by atoms with Gasteiger partial charge < -0.3 is 20.4 Å². The van der Waals surface area contributed by atoms with E-state index in [2.05, 4.69) is 10.6 Å². The molecule has 156 valence electrons. The normalized spacial score (nSPS) is 20.4. The highest BCUT2D eigenvalue weighted by atomic mass is 35.5. The van der Waals surface area contributed by atoms with E-state index in [9.17, 15) is 9.59 Å². The highest BCUT2D eigenvalue weighted by Crippen LogP contribution is 2.27. The number of amides is 2. The van der Waals surface area contributed by atoms with E-state index < -0.39 is 0 Å². The van der Waals surface area contributed by atoms with Gasteiger partial charge in [-0.3, -0.25) is 9.59 Å². The first-order valence-corrected chi connectivity index (χ1v) is 10.5. The van der Waals surface area contributed by atoms with Crippen LogP contribution in [0.25, 0.3) is 0 Å². The first-order valence-electron chi connectivity index (χ1n) is 10.1. The van der Waals surface area contributed by atoms with Gasteiger partial charge in [0.05, 0.1) is 23.8 Å². The molecule has 2 rings (SSSR count). The molecule has 0 radical (unpaired) electrons. The Morgan fingerprint density at radius 2 is 1.57 bits per heavy atom. The number of aryl methyl sites for hydroxylation is 2. The van der Waals surface area contributed by atoms with Crippen molar-refractivity contribution in [3.05, 3.63) is 28.3 Å². The Morgan fingerprint density at radius 3 is 2.11 bits per heavy atom. The molecule has 1 aliphatic heterocycles. The Morgan fingerprint density at radius 1 is 1.00 bits per heavy atom. The third-order valence-corrected chi connectivity index (χ3v) is 5.22. The molecule has 0 saturated carbocycles. The summed E-state index contributed by atoms with van der Waals surface area (Å²) in [5, 5.41) is 6.59. The van der Waals surface area contributed by atoms with E-state index >= 15 is 0 Å². The molecule has 4 N–H and O–H groups in total. The fourth-order valence-corrected chi connectivity index (χ4v) is 4.09. The number of hydrogen-bond donors (Lipinski definition) is 4. The summed E-state index contributed by atoms with van der Waals surface area (Å²) in [6.07, 6.45) is 1.01. The molecule has 0 bridgehead atoms. The zero-order valence-electron chi connectivity index (χ0n) is 17.8. The molecular weight excluding hydrogens is 376 g/mol. The number of benzene rings is 1. The molecule has 7 heteroatoms. The number of anilines is 1. The lowest BCUT2D eigenvalue weighted by atomic mass is 10.1. The predicted molar refractivity (Wildman–Crippen MR) is 113 cm³/mol. The number of nitrogens with one attached hydrogen (secondary N) is 4. The van der Waals surface area contributed by atoms with Crippen molar-refractivity contribution in [2.45, 2.75) is 46.6 Å². The molecule has 1 aromatic carbocycles. The van der Waals surface area contributed by atoms with Crippen molar-refractivity contribution in [1.82, 2.24) is 5.32 Å². The van der Waals surface area contributed by atoms with Crippen molar-refractivity contribution in [2.75, 3.05) is 44.6 Å². The largest absolute Gasteiger partial charge is 0.347 e. The van der Waals surface area contributed by atoms with Crippen LogP contribution in [0.15, 0.2) is 12.1 Å². The summed E-state index contributed by atoms with van der Waals surface area (Å²) in [6, 6.07) is 3.89. The van der Waals surface area contributed by atoms with E-state index in [0.29, 0.717) is 23.8 Å². The Bertz CT molecular complexity index is 692. The maximum atomic E-state index is 12.5. The van der Waals surface area contributed by atoms with Gasteiger partial charge in [-0.2, -0.15) is 0 Å². The maximum absolute atomic E-state index is 12.5. The molecule has 1 heterocycles. The summed E-state index contributed by atoms with van der Waals surface area (Å²) < 4.78 is 0. The van der Waals surface area contributed by atoms with Crippen molar-refractivity contribution in [3.8, 4) is 0 Å². The second-order valence-corrected chi connectivity index (χ2v) is 9.40. The number of rotatable bonds is 5. The molecule has 0 spiro atoms. The fourth-order valence-electron chi connectivity index (χ4n) is 3.72. The zero-order valence-corrected chi connectivity index (χ0v) is 18.6. The second-order valence-electron chi connectivity index (χ2n) is 8.99. The maximum Gasteiger partial charge on any atom is 0.279 e. The van der Waals surface area contributed by atoms with E-state index in [4.69, 9.17) is 11.6 Å². The lowest BCUT2D eigenvalue weighted by Gasteiger charge is -2.22. The van der Waals surface area contributed by atoms with Gasteiger partial charge in [0.2, 0.25) is 0 Å². The van der Waals surface area contributed by atoms with E-state index in [0.717, 1.165) is 43.7 Å². The number of quaternary nitrogens is 2. The van der Waals surface area contributed by atoms with Crippen LogP contribution < -0.4 is 20.4 Å². The summed E-state index contributed by atoms with van der Waals surface area (Å²) in [5.41, 5.74) is 2.56. The number of hydrogen-bond acceptors (Lipinski definition) is 2. The molecule has 28 heavy (non-hydrogen) atoms. The minimum atomic E-state index is -0.201. The summed E-state index contributed by atoms with van der Waals surface area (Å²) >= 11 is 6.30. The highest BCUT2D eigenvalue weighted by molar-refractivity contribution is 6.34. The van der Waals surface area contributed by atoms with E-state index in [1.165, 1.54) is 9.80 Å². The SMILES string of the molecule is Cc1cc(C)c(NC(=O)C[NH+]2CCC[NH+](CC(=O)NC(C)(C)C)CC2)c(Cl)c1. The lowest BCUT2D eigenvalue weighted by Crippen LogP contribution is -3.18.